The van der Waals surface area contributed by atoms with Gasteiger partial charge in [-0.2, -0.15) is 0 Å². The van der Waals surface area contributed by atoms with Gasteiger partial charge in [0, 0.05) is 17.2 Å². The number of hydrogen-bond donors (Lipinski definition) is 1. The SMILES string of the molecule is Cc1cc(NCCc2ccc3c(c2)OCCO3)ncc1Br. The molecule has 0 amide bonds. The van der Waals surface area contributed by atoms with Gasteiger partial charge in [-0.1, -0.05) is 6.07 Å². The Labute approximate surface area is 132 Å². The highest BCUT2D eigenvalue weighted by atomic mass is 79.9. The normalized spacial score (nSPS) is 13.0. The Hall–Kier alpha value is -1.75. The Morgan fingerprint density at radius 1 is 1.19 bits per heavy atom. The predicted molar refractivity (Wildman–Crippen MR) is 86.3 cm³/mol. The van der Waals surface area contributed by atoms with E-state index in [0.717, 1.165) is 34.8 Å². The van der Waals surface area contributed by atoms with Crippen LogP contribution >= 0.6 is 15.9 Å². The van der Waals surface area contributed by atoms with Gasteiger partial charge in [0.05, 0.1) is 0 Å². The van der Waals surface area contributed by atoms with Crippen molar-refractivity contribution in [3.8, 4) is 11.5 Å². The summed E-state index contributed by atoms with van der Waals surface area (Å²) in [6.07, 6.45) is 2.73. The second kappa shape index (κ2) is 6.35. The number of benzene rings is 1. The lowest BCUT2D eigenvalue weighted by Crippen LogP contribution is -2.15. The minimum Gasteiger partial charge on any atom is -0.486 e. The summed E-state index contributed by atoms with van der Waals surface area (Å²) in [5.74, 6) is 2.58. The summed E-state index contributed by atoms with van der Waals surface area (Å²) in [5.41, 5.74) is 2.40. The monoisotopic (exact) mass is 348 g/mol. The van der Waals surface area contributed by atoms with Crippen molar-refractivity contribution in [2.75, 3.05) is 25.1 Å². The van der Waals surface area contributed by atoms with Gasteiger partial charge in [-0.05, 0) is 58.6 Å². The van der Waals surface area contributed by atoms with E-state index in [1.165, 1.54) is 11.1 Å². The third kappa shape index (κ3) is 3.47. The van der Waals surface area contributed by atoms with E-state index in [1.54, 1.807) is 0 Å². The fraction of sp³-hybridized carbons (Fsp3) is 0.312. The Morgan fingerprint density at radius 2 is 2.00 bits per heavy atom. The molecule has 4 nitrogen and oxygen atoms in total. The zero-order chi connectivity index (χ0) is 14.7. The standard InChI is InChI=1S/C16H17BrN2O2/c1-11-8-16(19-10-13(11)17)18-5-4-12-2-3-14-15(9-12)21-7-6-20-14/h2-3,8-10H,4-7H2,1H3,(H,18,19). The Balaban J connectivity index is 1.58. The maximum Gasteiger partial charge on any atom is 0.161 e. The summed E-state index contributed by atoms with van der Waals surface area (Å²) in [6, 6.07) is 8.14. The lowest BCUT2D eigenvalue weighted by molar-refractivity contribution is 0.171. The topological polar surface area (TPSA) is 43.4 Å². The number of aromatic nitrogens is 1. The van der Waals surface area contributed by atoms with E-state index >= 15 is 0 Å². The molecule has 0 unspecified atom stereocenters. The fourth-order valence-corrected chi connectivity index (χ4v) is 2.43. The van der Waals surface area contributed by atoms with Crippen molar-refractivity contribution in [1.29, 1.82) is 0 Å². The summed E-state index contributed by atoms with van der Waals surface area (Å²) in [7, 11) is 0. The van der Waals surface area contributed by atoms with Crippen LogP contribution in [0, 0.1) is 6.92 Å². The van der Waals surface area contributed by atoms with Crippen LogP contribution in [0.3, 0.4) is 0 Å². The summed E-state index contributed by atoms with van der Waals surface area (Å²) in [6.45, 7) is 4.13. The number of fused-ring (bicyclic) bond motifs is 1. The number of nitrogens with zero attached hydrogens (tertiary/aromatic N) is 1. The van der Waals surface area contributed by atoms with Crippen molar-refractivity contribution in [2.45, 2.75) is 13.3 Å². The molecule has 0 saturated heterocycles. The summed E-state index contributed by atoms with van der Waals surface area (Å²) in [5, 5.41) is 3.34. The van der Waals surface area contributed by atoms with Crippen LogP contribution in [0.25, 0.3) is 0 Å². The molecule has 0 radical (unpaired) electrons. The molecule has 1 aliphatic heterocycles. The Kier molecular flexibility index (Phi) is 4.29. The van der Waals surface area contributed by atoms with Gasteiger partial charge < -0.3 is 14.8 Å². The van der Waals surface area contributed by atoms with E-state index in [9.17, 15) is 0 Å². The van der Waals surface area contributed by atoms with E-state index in [4.69, 9.17) is 9.47 Å². The number of anilines is 1. The van der Waals surface area contributed by atoms with Gasteiger partial charge in [0.15, 0.2) is 11.5 Å². The first kappa shape index (κ1) is 14.2. The average molecular weight is 349 g/mol. The van der Waals surface area contributed by atoms with E-state index in [-0.39, 0.29) is 0 Å². The molecule has 1 N–H and O–H groups in total. The first-order valence-electron chi connectivity index (χ1n) is 6.97. The van der Waals surface area contributed by atoms with Crippen LogP contribution in [0.5, 0.6) is 11.5 Å². The Morgan fingerprint density at radius 3 is 2.81 bits per heavy atom. The second-order valence-electron chi connectivity index (χ2n) is 4.97. The highest BCUT2D eigenvalue weighted by molar-refractivity contribution is 9.10. The van der Waals surface area contributed by atoms with Gasteiger partial charge in [-0.15, -0.1) is 0 Å². The van der Waals surface area contributed by atoms with Crippen LogP contribution in [0.4, 0.5) is 5.82 Å². The van der Waals surface area contributed by atoms with Crippen molar-refractivity contribution in [2.24, 2.45) is 0 Å². The molecule has 0 fully saturated rings. The van der Waals surface area contributed by atoms with E-state index in [0.29, 0.717) is 13.2 Å². The largest absolute Gasteiger partial charge is 0.486 e. The quantitative estimate of drug-likeness (QED) is 0.916. The fourth-order valence-electron chi connectivity index (χ4n) is 2.21. The van der Waals surface area contributed by atoms with Crippen molar-refractivity contribution in [3.05, 3.63) is 46.1 Å². The van der Waals surface area contributed by atoms with E-state index in [2.05, 4.69) is 45.3 Å². The van der Waals surface area contributed by atoms with Gasteiger partial charge in [0.25, 0.3) is 0 Å². The van der Waals surface area contributed by atoms with Crippen LogP contribution in [-0.4, -0.2) is 24.7 Å². The number of rotatable bonds is 4. The van der Waals surface area contributed by atoms with Crippen LogP contribution < -0.4 is 14.8 Å². The third-order valence-corrected chi connectivity index (χ3v) is 4.20. The molecule has 3 rings (SSSR count). The Bertz CT molecular complexity index is 646. The number of aryl methyl sites for hydroxylation is 1. The summed E-state index contributed by atoms with van der Waals surface area (Å²) in [4.78, 5) is 4.34. The molecule has 5 heteroatoms. The van der Waals surface area contributed by atoms with Crippen LogP contribution in [0.2, 0.25) is 0 Å². The zero-order valence-electron chi connectivity index (χ0n) is 11.9. The molecule has 0 aliphatic carbocycles. The van der Waals surface area contributed by atoms with Gasteiger partial charge in [-0.3, -0.25) is 0 Å². The molecule has 0 saturated carbocycles. The molecule has 0 atom stereocenters. The molecule has 2 heterocycles. The molecule has 1 aliphatic rings. The number of pyridine rings is 1. The van der Waals surface area contributed by atoms with Gasteiger partial charge in [0.1, 0.15) is 19.0 Å². The minimum atomic E-state index is 0.622. The zero-order valence-corrected chi connectivity index (χ0v) is 13.4. The smallest absolute Gasteiger partial charge is 0.161 e. The minimum absolute atomic E-state index is 0.622. The third-order valence-electron chi connectivity index (χ3n) is 3.37. The molecule has 1 aromatic heterocycles. The van der Waals surface area contributed by atoms with E-state index < -0.39 is 0 Å². The van der Waals surface area contributed by atoms with Crippen LogP contribution in [-0.2, 0) is 6.42 Å². The maximum atomic E-state index is 5.59. The molecule has 0 spiro atoms. The molecular formula is C16H17BrN2O2. The van der Waals surface area contributed by atoms with Crippen molar-refractivity contribution in [3.63, 3.8) is 0 Å². The van der Waals surface area contributed by atoms with E-state index in [1.807, 2.05) is 18.3 Å². The molecular weight excluding hydrogens is 332 g/mol. The number of ether oxygens (including phenoxy) is 2. The van der Waals surface area contributed by atoms with Gasteiger partial charge in [-0.25, -0.2) is 4.98 Å². The van der Waals surface area contributed by atoms with Crippen molar-refractivity contribution < 1.29 is 9.47 Å². The number of halogens is 1. The average Bonchev–Trinajstić information content (AvgIpc) is 2.51. The molecule has 1 aromatic carbocycles. The van der Waals surface area contributed by atoms with Crippen LogP contribution in [0.1, 0.15) is 11.1 Å². The summed E-state index contributed by atoms with van der Waals surface area (Å²) < 4.78 is 12.1. The molecule has 21 heavy (non-hydrogen) atoms. The number of hydrogen-bond acceptors (Lipinski definition) is 4. The highest BCUT2D eigenvalue weighted by Gasteiger charge is 2.11. The molecule has 110 valence electrons. The lowest BCUT2D eigenvalue weighted by Gasteiger charge is -2.19. The lowest BCUT2D eigenvalue weighted by atomic mass is 10.1. The van der Waals surface area contributed by atoms with Crippen molar-refractivity contribution in [1.82, 2.24) is 4.98 Å². The number of nitrogens with one attached hydrogen (secondary N) is 1. The predicted octanol–water partition coefficient (Wildman–Crippen LogP) is 3.58. The molecule has 0 bridgehead atoms. The first-order valence-corrected chi connectivity index (χ1v) is 7.76. The maximum absolute atomic E-state index is 5.59. The van der Waals surface area contributed by atoms with Crippen LogP contribution in [0.15, 0.2) is 34.9 Å². The summed E-state index contributed by atoms with van der Waals surface area (Å²) >= 11 is 3.45. The van der Waals surface area contributed by atoms with Gasteiger partial charge in [0.2, 0.25) is 0 Å². The van der Waals surface area contributed by atoms with Crippen molar-refractivity contribution >= 4 is 21.7 Å². The highest BCUT2D eigenvalue weighted by Crippen LogP contribution is 2.30. The second-order valence-corrected chi connectivity index (χ2v) is 5.83. The molecule has 2 aromatic rings. The first-order chi connectivity index (χ1) is 10.2. The van der Waals surface area contributed by atoms with Gasteiger partial charge >= 0.3 is 0 Å².